The van der Waals surface area contributed by atoms with Gasteiger partial charge >= 0.3 is 0 Å². The number of carbonyl (C=O) groups excluding carboxylic acids is 1. The molecule has 0 atom stereocenters. The van der Waals surface area contributed by atoms with E-state index in [1.54, 1.807) is 19.2 Å². The van der Waals surface area contributed by atoms with Gasteiger partial charge in [0.25, 0.3) is 5.91 Å². The maximum absolute atomic E-state index is 12.9. The summed E-state index contributed by atoms with van der Waals surface area (Å²) in [7, 11) is 1.64. The molecule has 0 bridgehead atoms. The number of nitrogens with zero attached hydrogens (tertiary/aromatic N) is 2. The summed E-state index contributed by atoms with van der Waals surface area (Å²) in [6.07, 6.45) is 3.28. The molecule has 0 spiro atoms. The number of ether oxygens (including phenoxy) is 3. The number of methoxy groups -OCH3 is 1. The van der Waals surface area contributed by atoms with Gasteiger partial charge in [-0.15, -0.1) is 0 Å². The number of fused-ring (bicyclic) bond motifs is 1. The van der Waals surface area contributed by atoms with Crippen molar-refractivity contribution in [3.8, 4) is 11.5 Å². The number of aromatic nitrogens is 1. The lowest BCUT2D eigenvalue weighted by Crippen LogP contribution is -2.19. The summed E-state index contributed by atoms with van der Waals surface area (Å²) in [6, 6.07) is 13.1. The number of benzene rings is 2. The highest BCUT2D eigenvalue weighted by atomic mass is 32.1. The van der Waals surface area contributed by atoms with Crippen LogP contribution in [0.5, 0.6) is 11.5 Å². The Morgan fingerprint density at radius 1 is 1.06 bits per heavy atom. The summed E-state index contributed by atoms with van der Waals surface area (Å²) in [5, 5.41) is 0. The summed E-state index contributed by atoms with van der Waals surface area (Å²) in [4.78, 5) is 18.0. The molecule has 0 N–H and O–H groups in total. The molecule has 166 valence electrons. The predicted molar refractivity (Wildman–Crippen MR) is 124 cm³/mol. The number of hydrogen-bond acceptors (Lipinski definition) is 5. The molecule has 0 unspecified atom stereocenters. The fraction of sp³-hybridized carbons (Fsp3) is 0.417. The number of rotatable bonds is 11. The standard InChI is InChI=1S/C24H30N2O4S/c1-4-6-7-14-30-20-10-8-9-18(16-20)23(27)25-24-26(13-15-29-5-2)21-12-11-19(28-3)17-22(21)31-24/h8-12,16-17H,4-7,13-15H2,1-3H3. The minimum Gasteiger partial charge on any atom is -0.497 e. The fourth-order valence-electron chi connectivity index (χ4n) is 3.19. The Labute approximate surface area is 187 Å². The van der Waals surface area contributed by atoms with Gasteiger partial charge < -0.3 is 18.8 Å². The quantitative estimate of drug-likeness (QED) is 0.390. The molecule has 0 aliphatic rings. The van der Waals surface area contributed by atoms with Gasteiger partial charge in [-0.05, 0) is 49.7 Å². The van der Waals surface area contributed by atoms with Crippen molar-refractivity contribution in [1.29, 1.82) is 0 Å². The normalized spacial score (nSPS) is 11.8. The molecule has 1 aromatic heterocycles. The molecule has 0 saturated carbocycles. The third-order valence-electron chi connectivity index (χ3n) is 4.85. The highest BCUT2D eigenvalue weighted by Crippen LogP contribution is 2.23. The van der Waals surface area contributed by atoms with Crippen LogP contribution in [-0.4, -0.2) is 37.4 Å². The van der Waals surface area contributed by atoms with Crippen molar-refractivity contribution in [2.75, 3.05) is 26.9 Å². The van der Waals surface area contributed by atoms with Crippen molar-refractivity contribution in [3.63, 3.8) is 0 Å². The van der Waals surface area contributed by atoms with Crippen molar-refractivity contribution in [1.82, 2.24) is 4.57 Å². The van der Waals surface area contributed by atoms with E-state index in [1.807, 2.05) is 41.8 Å². The number of hydrogen-bond donors (Lipinski definition) is 0. The van der Waals surface area contributed by atoms with Crippen LogP contribution in [0.3, 0.4) is 0 Å². The smallest absolute Gasteiger partial charge is 0.279 e. The van der Waals surface area contributed by atoms with Crippen LogP contribution in [0.25, 0.3) is 10.2 Å². The van der Waals surface area contributed by atoms with E-state index in [9.17, 15) is 4.79 Å². The van der Waals surface area contributed by atoms with Gasteiger partial charge in [-0.3, -0.25) is 4.79 Å². The molecule has 3 rings (SSSR count). The molecule has 0 aliphatic heterocycles. The Hall–Kier alpha value is -2.64. The Morgan fingerprint density at radius 2 is 1.94 bits per heavy atom. The second-order valence-corrected chi connectivity index (χ2v) is 8.08. The maximum atomic E-state index is 12.9. The molecule has 0 saturated heterocycles. The van der Waals surface area contributed by atoms with Crippen LogP contribution >= 0.6 is 11.3 Å². The minimum atomic E-state index is -0.289. The zero-order valence-corrected chi connectivity index (χ0v) is 19.2. The summed E-state index contributed by atoms with van der Waals surface area (Å²) in [5.41, 5.74) is 1.52. The highest BCUT2D eigenvalue weighted by Gasteiger charge is 2.11. The fourth-order valence-corrected chi connectivity index (χ4v) is 4.28. The second kappa shape index (κ2) is 11.7. The first kappa shape index (κ1) is 23.0. The van der Waals surface area contributed by atoms with Crippen LogP contribution in [-0.2, 0) is 11.3 Å². The van der Waals surface area contributed by atoms with E-state index in [2.05, 4.69) is 11.9 Å². The van der Waals surface area contributed by atoms with Gasteiger partial charge in [0, 0.05) is 18.7 Å². The molecule has 0 aliphatic carbocycles. The van der Waals surface area contributed by atoms with Crippen LogP contribution in [0.1, 0.15) is 43.5 Å². The van der Waals surface area contributed by atoms with E-state index in [0.29, 0.717) is 42.5 Å². The van der Waals surface area contributed by atoms with E-state index < -0.39 is 0 Å². The lowest BCUT2D eigenvalue weighted by atomic mass is 10.2. The van der Waals surface area contributed by atoms with Gasteiger partial charge in [0.05, 0.1) is 30.5 Å². The van der Waals surface area contributed by atoms with Crippen LogP contribution < -0.4 is 14.3 Å². The first-order chi connectivity index (χ1) is 15.2. The highest BCUT2D eigenvalue weighted by molar-refractivity contribution is 7.16. The molecule has 1 amide bonds. The minimum absolute atomic E-state index is 0.289. The maximum Gasteiger partial charge on any atom is 0.279 e. The Kier molecular flexibility index (Phi) is 8.67. The van der Waals surface area contributed by atoms with Crippen LogP contribution in [0.2, 0.25) is 0 Å². The molecular formula is C24H30N2O4S. The first-order valence-electron chi connectivity index (χ1n) is 10.7. The topological polar surface area (TPSA) is 62.0 Å². The van der Waals surface area contributed by atoms with Crippen molar-refractivity contribution in [2.24, 2.45) is 4.99 Å². The molecule has 3 aromatic rings. The molecule has 0 fully saturated rings. The SMILES string of the molecule is CCCCCOc1cccc(C(=O)N=c2sc3cc(OC)ccc3n2CCOCC)c1. The second-order valence-electron chi connectivity index (χ2n) is 7.07. The van der Waals surface area contributed by atoms with E-state index >= 15 is 0 Å². The summed E-state index contributed by atoms with van der Waals surface area (Å²) >= 11 is 1.47. The zero-order valence-electron chi connectivity index (χ0n) is 18.4. The molecule has 6 nitrogen and oxygen atoms in total. The Morgan fingerprint density at radius 3 is 2.71 bits per heavy atom. The van der Waals surface area contributed by atoms with Gasteiger partial charge in [-0.1, -0.05) is 37.2 Å². The lowest BCUT2D eigenvalue weighted by molar-refractivity contribution is 0.0996. The van der Waals surface area contributed by atoms with Crippen LogP contribution in [0.15, 0.2) is 47.5 Å². The zero-order chi connectivity index (χ0) is 22.1. The third-order valence-corrected chi connectivity index (χ3v) is 5.89. The Balaban J connectivity index is 1.89. The Bertz CT molecular complexity index is 1070. The first-order valence-corrected chi connectivity index (χ1v) is 11.5. The van der Waals surface area contributed by atoms with Gasteiger partial charge in [0.2, 0.25) is 0 Å². The number of thiazole rings is 1. The molecule has 31 heavy (non-hydrogen) atoms. The predicted octanol–water partition coefficient (Wildman–Crippen LogP) is 5.06. The molecule has 7 heteroatoms. The monoisotopic (exact) mass is 442 g/mol. The lowest BCUT2D eigenvalue weighted by Gasteiger charge is -2.07. The molecule has 1 heterocycles. The van der Waals surface area contributed by atoms with Crippen molar-refractivity contribution in [3.05, 3.63) is 52.8 Å². The van der Waals surface area contributed by atoms with E-state index in [4.69, 9.17) is 14.2 Å². The van der Waals surface area contributed by atoms with E-state index in [0.717, 1.165) is 35.2 Å². The number of carbonyl (C=O) groups is 1. The van der Waals surface area contributed by atoms with Gasteiger partial charge in [0.15, 0.2) is 4.80 Å². The van der Waals surface area contributed by atoms with Crippen molar-refractivity contribution >= 4 is 27.5 Å². The van der Waals surface area contributed by atoms with Gasteiger partial charge in [-0.25, -0.2) is 0 Å². The average Bonchev–Trinajstić information content (AvgIpc) is 3.13. The van der Waals surface area contributed by atoms with Crippen molar-refractivity contribution < 1.29 is 19.0 Å². The summed E-state index contributed by atoms with van der Waals surface area (Å²) in [5.74, 6) is 1.18. The van der Waals surface area contributed by atoms with E-state index in [1.165, 1.54) is 11.3 Å². The van der Waals surface area contributed by atoms with Crippen molar-refractivity contribution in [2.45, 2.75) is 39.7 Å². The molecule has 2 aromatic carbocycles. The molecular weight excluding hydrogens is 412 g/mol. The van der Waals surface area contributed by atoms with Crippen LogP contribution in [0, 0.1) is 0 Å². The number of amides is 1. The molecule has 0 radical (unpaired) electrons. The largest absolute Gasteiger partial charge is 0.497 e. The average molecular weight is 443 g/mol. The van der Waals surface area contributed by atoms with Gasteiger partial charge in [-0.2, -0.15) is 4.99 Å². The third kappa shape index (κ3) is 6.18. The van der Waals surface area contributed by atoms with E-state index in [-0.39, 0.29) is 5.91 Å². The van der Waals surface area contributed by atoms with Crippen LogP contribution in [0.4, 0.5) is 0 Å². The number of unbranched alkanes of at least 4 members (excludes halogenated alkanes) is 2. The van der Waals surface area contributed by atoms with Gasteiger partial charge in [0.1, 0.15) is 11.5 Å². The summed E-state index contributed by atoms with van der Waals surface area (Å²) < 4.78 is 19.7. The summed E-state index contributed by atoms with van der Waals surface area (Å²) in [6.45, 7) is 6.59.